The van der Waals surface area contributed by atoms with Crippen LogP contribution in [-0.4, -0.2) is 58.0 Å². The number of nitrogens with zero attached hydrogens (tertiary/aromatic N) is 5. The number of fused-ring (bicyclic) bond motifs is 1. The van der Waals surface area contributed by atoms with Crippen LogP contribution in [0.5, 0.6) is 0 Å². The van der Waals surface area contributed by atoms with Crippen molar-refractivity contribution in [3.63, 3.8) is 0 Å². The largest absolute Gasteiger partial charge is 0.369 e. The van der Waals surface area contributed by atoms with E-state index in [9.17, 15) is 0 Å². The molecule has 0 saturated carbocycles. The van der Waals surface area contributed by atoms with Crippen LogP contribution in [0.1, 0.15) is 5.56 Å². The number of aromatic nitrogens is 3. The van der Waals surface area contributed by atoms with Crippen LogP contribution in [0.25, 0.3) is 5.65 Å². The van der Waals surface area contributed by atoms with Crippen LogP contribution in [0, 0.1) is 6.92 Å². The van der Waals surface area contributed by atoms with Gasteiger partial charge in [0.15, 0.2) is 10.8 Å². The predicted molar refractivity (Wildman–Crippen MR) is 104 cm³/mol. The molecule has 1 saturated heterocycles. The second-order valence-electron chi connectivity index (χ2n) is 6.42. The lowest BCUT2D eigenvalue weighted by molar-refractivity contribution is 0.273. The first-order valence-corrected chi connectivity index (χ1v) is 9.75. The molecule has 130 valence electrons. The molecule has 3 heterocycles. The van der Waals surface area contributed by atoms with Crippen molar-refractivity contribution in [1.29, 1.82) is 0 Å². The van der Waals surface area contributed by atoms with E-state index in [4.69, 9.17) is 0 Å². The Bertz CT molecular complexity index is 821. The Hall–Kier alpha value is -2.05. The molecule has 4 rings (SSSR count). The zero-order valence-corrected chi connectivity index (χ0v) is 15.3. The number of anilines is 1. The van der Waals surface area contributed by atoms with E-state index in [0.717, 1.165) is 49.3 Å². The summed E-state index contributed by atoms with van der Waals surface area (Å²) in [5, 5.41) is 9.47. The van der Waals surface area contributed by atoms with E-state index in [1.165, 1.54) is 11.3 Å². The molecule has 0 bridgehead atoms. The Balaban J connectivity index is 1.26. The highest BCUT2D eigenvalue weighted by molar-refractivity contribution is 7.99. The smallest absolute Gasteiger partial charge is 0.195 e. The fraction of sp³-hybridized carbons (Fsp3) is 0.368. The van der Waals surface area contributed by atoms with Gasteiger partial charge in [0.05, 0.1) is 0 Å². The molecular formula is C19H23N5S. The van der Waals surface area contributed by atoms with Crippen molar-refractivity contribution in [3.8, 4) is 0 Å². The summed E-state index contributed by atoms with van der Waals surface area (Å²) in [6.07, 6.45) is 2.03. The Morgan fingerprint density at radius 3 is 2.56 bits per heavy atom. The average Bonchev–Trinajstić information content (AvgIpc) is 3.06. The van der Waals surface area contributed by atoms with E-state index < -0.39 is 0 Å². The maximum atomic E-state index is 4.29. The molecular weight excluding hydrogens is 330 g/mol. The van der Waals surface area contributed by atoms with Crippen LogP contribution in [0.4, 0.5) is 5.69 Å². The third-order valence-corrected chi connectivity index (χ3v) is 5.62. The van der Waals surface area contributed by atoms with Crippen LogP contribution >= 0.6 is 11.8 Å². The summed E-state index contributed by atoms with van der Waals surface area (Å²) in [6.45, 7) is 7.67. The number of rotatable bonds is 5. The Morgan fingerprint density at radius 2 is 1.76 bits per heavy atom. The third kappa shape index (κ3) is 3.80. The van der Waals surface area contributed by atoms with Gasteiger partial charge in [0.25, 0.3) is 0 Å². The van der Waals surface area contributed by atoms with Gasteiger partial charge in [0.1, 0.15) is 0 Å². The number of aryl methyl sites for hydroxylation is 1. The summed E-state index contributed by atoms with van der Waals surface area (Å²) in [6, 6.07) is 14.9. The minimum atomic E-state index is 0.914. The van der Waals surface area contributed by atoms with Crippen molar-refractivity contribution < 1.29 is 0 Å². The average molecular weight is 353 g/mol. The van der Waals surface area contributed by atoms with Gasteiger partial charge in [0.2, 0.25) is 0 Å². The highest BCUT2D eigenvalue weighted by Crippen LogP contribution is 2.19. The van der Waals surface area contributed by atoms with Crippen LogP contribution in [-0.2, 0) is 0 Å². The van der Waals surface area contributed by atoms with Gasteiger partial charge in [0, 0.05) is 50.4 Å². The molecule has 0 unspecified atom stereocenters. The van der Waals surface area contributed by atoms with Gasteiger partial charge in [-0.05, 0) is 31.2 Å². The summed E-state index contributed by atoms with van der Waals surface area (Å²) < 4.78 is 2.06. The maximum Gasteiger partial charge on any atom is 0.195 e. The Morgan fingerprint density at radius 1 is 0.960 bits per heavy atom. The van der Waals surface area contributed by atoms with E-state index >= 15 is 0 Å². The molecule has 3 aromatic rings. The fourth-order valence-electron chi connectivity index (χ4n) is 3.17. The van der Waals surface area contributed by atoms with Crippen LogP contribution in [0.3, 0.4) is 0 Å². The monoisotopic (exact) mass is 353 g/mol. The molecule has 1 aromatic carbocycles. The van der Waals surface area contributed by atoms with Crippen molar-refractivity contribution in [2.75, 3.05) is 43.4 Å². The first-order valence-electron chi connectivity index (χ1n) is 8.76. The fourth-order valence-corrected chi connectivity index (χ4v) is 4.09. The highest BCUT2D eigenvalue weighted by atomic mass is 32.2. The summed E-state index contributed by atoms with van der Waals surface area (Å²) in [7, 11) is 0. The summed E-state index contributed by atoms with van der Waals surface area (Å²) in [5.74, 6) is 1.04. The molecule has 0 N–H and O–H groups in total. The topological polar surface area (TPSA) is 36.7 Å². The number of pyridine rings is 1. The van der Waals surface area contributed by atoms with Gasteiger partial charge in [-0.25, -0.2) is 0 Å². The van der Waals surface area contributed by atoms with E-state index in [2.05, 4.69) is 55.6 Å². The zero-order chi connectivity index (χ0) is 17.1. The minimum Gasteiger partial charge on any atom is -0.369 e. The number of piperazine rings is 1. The molecule has 0 spiro atoms. The molecule has 0 radical (unpaired) electrons. The van der Waals surface area contributed by atoms with Crippen LogP contribution in [0.15, 0.2) is 53.8 Å². The second kappa shape index (κ2) is 7.45. The molecule has 5 nitrogen and oxygen atoms in total. The molecule has 1 aliphatic heterocycles. The summed E-state index contributed by atoms with van der Waals surface area (Å²) >= 11 is 1.78. The number of hydrogen-bond acceptors (Lipinski definition) is 5. The lowest BCUT2D eigenvalue weighted by Crippen LogP contribution is -2.47. The number of benzene rings is 1. The summed E-state index contributed by atoms with van der Waals surface area (Å²) in [5.41, 5.74) is 3.58. The Labute approximate surface area is 152 Å². The minimum absolute atomic E-state index is 0.914. The normalized spacial score (nSPS) is 15.8. The van der Waals surface area contributed by atoms with Crippen LogP contribution in [0.2, 0.25) is 0 Å². The lowest BCUT2D eigenvalue weighted by atomic mass is 10.2. The first kappa shape index (κ1) is 16.4. The molecule has 25 heavy (non-hydrogen) atoms. The van der Waals surface area contributed by atoms with E-state index in [-0.39, 0.29) is 0 Å². The molecule has 2 aromatic heterocycles. The van der Waals surface area contributed by atoms with Gasteiger partial charge in [-0.3, -0.25) is 9.30 Å². The molecule has 6 heteroatoms. The number of thioether (sulfide) groups is 1. The SMILES string of the molecule is Cc1ccc(N2CCN(CCSc3nnc4ccccn34)CC2)cc1. The van der Waals surface area contributed by atoms with Gasteiger partial charge in [-0.1, -0.05) is 35.5 Å². The second-order valence-corrected chi connectivity index (χ2v) is 7.49. The Kier molecular flexibility index (Phi) is 4.90. The molecule has 1 aliphatic rings. The van der Waals surface area contributed by atoms with E-state index in [0.29, 0.717) is 0 Å². The quantitative estimate of drug-likeness (QED) is 0.659. The maximum absolute atomic E-state index is 4.29. The predicted octanol–water partition coefficient (Wildman–Crippen LogP) is 2.95. The lowest BCUT2D eigenvalue weighted by Gasteiger charge is -2.36. The summed E-state index contributed by atoms with van der Waals surface area (Å²) in [4.78, 5) is 5.02. The standard InChI is InChI=1S/C19H23N5S/c1-16-5-7-17(8-6-16)23-12-10-22(11-13-23)14-15-25-19-21-20-18-4-2-3-9-24(18)19/h2-9H,10-15H2,1H3. The van der Waals surface area contributed by atoms with E-state index in [1.807, 2.05) is 24.4 Å². The van der Waals surface area contributed by atoms with Crippen molar-refractivity contribution >= 4 is 23.1 Å². The molecule has 0 atom stereocenters. The number of hydrogen-bond donors (Lipinski definition) is 0. The highest BCUT2D eigenvalue weighted by Gasteiger charge is 2.17. The van der Waals surface area contributed by atoms with Gasteiger partial charge < -0.3 is 4.90 Å². The van der Waals surface area contributed by atoms with Crippen molar-refractivity contribution in [3.05, 3.63) is 54.2 Å². The van der Waals surface area contributed by atoms with Gasteiger partial charge in [-0.15, -0.1) is 10.2 Å². The molecule has 0 amide bonds. The van der Waals surface area contributed by atoms with Crippen molar-refractivity contribution in [2.45, 2.75) is 12.1 Å². The van der Waals surface area contributed by atoms with Crippen LogP contribution < -0.4 is 4.90 Å². The van der Waals surface area contributed by atoms with Crippen molar-refractivity contribution in [1.82, 2.24) is 19.5 Å². The van der Waals surface area contributed by atoms with Crippen molar-refractivity contribution in [2.24, 2.45) is 0 Å². The first-order chi connectivity index (χ1) is 12.3. The zero-order valence-electron chi connectivity index (χ0n) is 14.5. The van der Waals surface area contributed by atoms with E-state index in [1.54, 1.807) is 11.8 Å². The van der Waals surface area contributed by atoms with Gasteiger partial charge in [-0.2, -0.15) is 0 Å². The molecule has 1 fully saturated rings. The third-order valence-electron chi connectivity index (χ3n) is 4.69. The molecule has 0 aliphatic carbocycles. The van der Waals surface area contributed by atoms with Gasteiger partial charge >= 0.3 is 0 Å².